The highest BCUT2D eigenvalue weighted by Gasteiger charge is 2.14. The Hall–Kier alpha value is -5.60. The van der Waals surface area contributed by atoms with Crippen LogP contribution in [-0.2, 0) is 0 Å². The molecule has 0 heterocycles. The summed E-state index contributed by atoms with van der Waals surface area (Å²) in [5, 5.41) is 2.50. The van der Waals surface area contributed by atoms with Crippen LogP contribution < -0.4 is 9.80 Å². The summed E-state index contributed by atoms with van der Waals surface area (Å²) in [4.78, 5) is 4.56. The van der Waals surface area contributed by atoms with Gasteiger partial charge in [0.1, 0.15) is 0 Å². The van der Waals surface area contributed by atoms with Gasteiger partial charge in [-0.15, -0.1) is 0 Å². The minimum absolute atomic E-state index is 1.11. The number of fused-ring (bicyclic) bond motifs is 1. The molecule has 0 aliphatic carbocycles. The molecular weight excluding hydrogens is 520 g/mol. The van der Waals surface area contributed by atoms with Crippen molar-refractivity contribution in [3.8, 4) is 22.3 Å². The quantitative estimate of drug-likeness (QED) is 0.194. The molecule has 206 valence electrons. The summed E-state index contributed by atoms with van der Waals surface area (Å²) in [7, 11) is 2.13. The Bertz CT molecular complexity index is 1860. The van der Waals surface area contributed by atoms with E-state index in [4.69, 9.17) is 0 Å². The Morgan fingerprint density at radius 1 is 0.302 bits per heavy atom. The van der Waals surface area contributed by atoms with Gasteiger partial charge in [0.25, 0.3) is 0 Å². The van der Waals surface area contributed by atoms with Crippen molar-refractivity contribution < 1.29 is 0 Å². The smallest absolute Gasteiger partial charge is 0.0463 e. The van der Waals surface area contributed by atoms with Crippen LogP contribution in [0, 0.1) is 0 Å². The first-order chi connectivity index (χ1) is 21.2. The van der Waals surface area contributed by atoms with E-state index in [0.717, 1.165) is 28.4 Å². The molecule has 0 amide bonds. The molecule has 0 N–H and O–H groups in total. The summed E-state index contributed by atoms with van der Waals surface area (Å²) < 4.78 is 0. The third-order valence-corrected chi connectivity index (χ3v) is 8.08. The lowest BCUT2D eigenvalue weighted by Gasteiger charge is -2.27. The van der Waals surface area contributed by atoms with Crippen LogP contribution in [0.5, 0.6) is 0 Å². The third kappa shape index (κ3) is 5.51. The second-order valence-electron chi connectivity index (χ2n) is 10.8. The van der Waals surface area contributed by atoms with Gasteiger partial charge in [0.15, 0.2) is 0 Å². The van der Waals surface area contributed by atoms with Crippen LogP contribution in [0.1, 0.15) is 0 Å². The molecule has 0 spiro atoms. The SMILES string of the molecule is CN(c1ccc(N(c2ccc(-c3ccccc3)cc2)c2ccc(-c3ccccc3)cc2)cc1)c1ccc2ccccc2c1. The highest BCUT2D eigenvalue weighted by molar-refractivity contribution is 5.87. The molecule has 2 nitrogen and oxygen atoms in total. The minimum Gasteiger partial charge on any atom is -0.345 e. The Balaban J connectivity index is 1.23. The fraction of sp³-hybridized carbons (Fsp3) is 0.0244. The van der Waals surface area contributed by atoms with E-state index in [1.54, 1.807) is 0 Å². The maximum Gasteiger partial charge on any atom is 0.0463 e. The van der Waals surface area contributed by atoms with Crippen molar-refractivity contribution in [3.05, 3.63) is 176 Å². The summed E-state index contributed by atoms with van der Waals surface area (Å²) in [5.74, 6) is 0. The first-order valence-electron chi connectivity index (χ1n) is 14.7. The van der Waals surface area contributed by atoms with Gasteiger partial charge in [-0.3, -0.25) is 0 Å². The normalized spacial score (nSPS) is 10.9. The van der Waals surface area contributed by atoms with Crippen LogP contribution in [-0.4, -0.2) is 7.05 Å². The zero-order chi connectivity index (χ0) is 29.0. The van der Waals surface area contributed by atoms with Crippen LogP contribution in [0.15, 0.2) is 176 Å². The van der Waals surface area contributed by atoms with Gasteiger partial charge >= 0.3 is 0 Å². The van der Waals surface area contributed by atoms with E-state index in [9.17, 15) is 0 Å². The van der Waals surface area contributed by atoms with Crippen molar-refractivity contribution in [1.29, 1.82) is 0 Å². The Kier molecular flexibility index (Phi) is 7.17. The summed E-state index contributed by atoms with van der Waals surface area (Å²) in [6.45, 7) is 0. The van der Waals surface area contributed by atoms with E-state index in [0.29, 0.717) is 0 Å². The lowest BCUT2D eigenvalue weighted by atomic mass is 10.0. The lowest BCUT2D eigenvalue weighted by Crippen LogP contribution is -2.12. The molecule has 7 rings (SSSR count). The molecular formula is C41H32N2. The second kappa shape index (κ2) is 11.7. The zero-order valence-electron chi connectivity index (χ0n) is 24.1. The van der Waals surface area contributed by atoms with Crippen molar-refractivity contribution in [2.24, 2.45) is 0 Å². The molecule has 0 fully saturated rings. The van der Waals surface area contributed by atoms with Gasteiger partial charge in [-0.05, 0) is 93.7 Å². The molecule has 0 atom stereocenters. The van der Waals surface area contributed by atoms with Gasteiger partial charge in [-0.2, -0.15) is 0 Å². The standard InChI is InChI=1S/C41H32N2/c1-42(41-25-20-33-14-8-9-15-36(33)30-41)37-26-28-40(29-27-37)43(38-21-16-34(17-22-38)31-10-4-2-5-11-31)39-23-18-35(19-24-39)32-12-6-3-7-13-32/h2-30H,1H3. The fourth-order valence-electron chi connectivity index (χ4n) is 5.67. The molecule has 0 radical (unpaired) electrons. The Morgan fingerprint density at radius 3 is 1.19 bits per heavy atom. The minimum atomic E-state index is 1.11. The molecule has 7 aromatic carbocycles. The van der Waals surface area contributed by atoms with Crippen LogP contribution in [0.4, 0.5) is 28.4 Å². The number of benzene rings is 7. The van der Waals surface area contributed by atoms with Gasteiger partial charge in [0.05, 0.1) is 0 Å². The van der Waals surface area contributed by atoms with Crippen molar-refractivity contribution in [1.82, 2.24) is 0 Å². The van der Waals surface area contributed by atoms with Crippen molar-refractivity contribution in [3.63, 3.8) is 0 Å². The van der Waals surface area contributed by atoms with E-state index >= 15 is 0 Å². The maximum atomic E-state index is 2.32. The molecule has 0 aliphatic rings. The van der Waals surface area contributed by atoms with Crippen LogP contribution >= 0.6 is 0 Å². The predicted molar refractivity (Wildman–Crippen MR) is 184 cm³/mol. The molecule has 0 bridgehead atoms. The van der Waals surface area contributed by atoms with E-state index in [-0.39, 0.29) is 0 Å². The van der Waals surface area contributed by atoms with Gasteiger partial charge in [-0.1, -0.05) is 115 Å². The number of hydrogen-bond acceptors (Lipinski definition) is 2. The highest BCUT2D eigenvalue weighted by Crippen LogP contribution is 2.38. The monoisotopic (exact) mass is 552 g/mol. The van der Waals surface area contributed by atoms with Gasteiger partial charge in [-0.25, -0.2) is 0 Å². The van der Waals surface area contributed by atoms with Crippen LogP contribution in [0.25, 0.3) is 33.0 Å². The molecule has 7 aromatic rings. The summed E-state index contributed by atoms with van der Waals surface area (Å²) in [6.07, 6.45) is 0. The Morgan fingerprint density at radius 2 is 0.674 bits per heavy atom. The van der Waals surface area contributed by atoms with Crippen molar-refractivity contribution in [2.75, 3.05) is 16.8 Å². The molecule has 0 unspecified atom stereocenters. The Labute approximate surface area is 253 Å². The summed E-state index contributed by atoms with van der Waals surface area (Å²) in [6, 6.07) is 62.7. The molecule has 2 heteroatoms. The lowest BCUT2D eigenvalue weighted by molar-refractivity contribution is 1.21. The topological polar surface area (TPSA) is 6.48 Å². The third-order valence-electron chi connectivity index (χ3n) is 8.08. The van der Waals surface area contributed by atoms with E-state index in [1.807, 2.05) is 0 Å². The largest absolute Gasteiger partial charge is 0.345 e. The molecule has 0 aliphatic heterocycles. The first kappa shape index (κ1) is 26.3. The second-order valence-corrected chi connectivity index (χ2v) is 10.8. The highest BCUT2D eigenvalue weighted by atomic mass is 15.1. The van der Waals surface area contributed by atoms with E-state index in [1.165, 1.54) is 33.0 Å². The molecule has 0 saturated carbocycles. The molecule has 43 heavy (non-hydrogen) atoms. The first-order valence-corrected chi connectivity index (χ1v) is 14.7. The summed E-state index contributed by atoms with van der Waals surface area (Å²) >= 11 is 0. The number of rotatable bonds is 7. The predicted octanol–water partition coefficient (Wildman–Crippen LogP) is 11.4. The molecule has 0 saturated heterocycles. The van der Waals surface area contributed by atoms with E-state index in [2.05, 4.69) is 193 Å². The fourth-order valence-corrected chi connectivity index (χ4v) is 5.67. The van der Waals surface area contributed by atoms with E-state index < -0.39 is 0 Å². The number of hydrogen-bond donors (Lipinski definition) is 0. The summed E-state index contributed by atoms with van der Waals surface area (Å²) in [5.41, 5.74) is 10.5. The van der Waals surface area contributed by atoms with Crippen molar-refractivity contribution >= 4 is 39.2 Å². The van der Waals surface area contributed by atoms with Gasteiger partial charge in [0.2, 0.25) is 0 Å². The molecule has 0 aromatic heterocycles. The van der Waals surface area contributed by atoms with Crippen LogP contribution in [0.3, 0.4) is 0 Å². The zero-order valence-corrected chi connectivity index (χ0v) is 24.1. The average molecular weight is 553 g/mol. The van der Waals surface area contributed by atoms with Gasteiger partial charge in [0, 0.05) is 35.5 Å². The van der Waals surface area contributed by atoms with Crippen molar-refractivity contribution in [2.45, 2.75) is 0 Å². The number of nitrogens with zero attached hydrogens (tertiary/aromatic N) is 2. The van der Waals surface area contributed by atoms with Crippen LogP contribution in [0.2, 0.25) is 0 Å². The maximum absolute atomic E-state index is 2.32. The average Bonchev–Trinajstić information content (AvgIpc) is 3.09. The number of anilines is 5. The van der Waals surface area contributed by atoms with Gasteiger partial charge < -0.3 is 9.80 Å².